The van der Waals surface area contributed by atoms with Crippen LogP contribution in [0.2, 0.25) is 0 Å². The van der Waals surface area contributed by atoms with Gasteiger partial charge in [-0.3, -0.25) is 9.36 Å². The molecule has 0 amide bonds. The first-order chi connectivity index (χ1) is 20.6. The van der Waals surface area contributed by atoms with E-state index in [4.69, 9.17) is 28.4 Å². The van der Waals surface area contributed by atoms with Crippen LogP contribution >= 0.6 is 33.9 Å². The van der Waals surface area contributed by atoms with E-state index in [-0.39, 0.29) is 30.5 Å². The molecule has 1 aliphatic rings. The Morgan fingerprint density at radius 2 is 1.86 bits per heavy atom. The number of carbonyl (C=O) groups is 1. The second-order valence-electron chi connectivity index (χ2n) is 9.72. The molecular weight excluding hydrogens is 687 g/mol. The van der Waals surface area contributed by atoms with Gasteiger partial charge >= 0.3 is 5.97 Å². The fraction of sp³-hybridized carbons (Fsp3) is 0.387. The molecule has 2 aromatic carbocycles. The standard InChI is InChI=1S/C31H35IN2O8S/c1-8-40-27-20(10-9-11-22(27)38-6)26-25(30(36)41-13-12-37-5)18(4)33-31-34(26)29(35)24(43-31)16-19-14-21(32)28(42-17(2)3)23(15-19)39-7/h9-11,14-17,26H,8,12-13H2,1-7H3/b24-16+/t26-/m0/s1. The number of allylic oxidation sites excluding steroid dienone is 1. The van der Waals surface area contributed by atoms with Crippen LogP contribution in [0.4, 0.5) is 0 Å². The van der Waals surface area contributed by atoms with Crippen LogP contribution in [-0.2, 0) is 14.3 Å². The Bertz CT molecular complexity index is 1710. The molecule has 4 rings (SSSR count). The number of aromatic nitrogens is 1. The van der Waals surface area contributed by atoms with E-state index in [1.807, 2.05) is 39.0 Å². The normalized spacial score (nSPS) is 14.8. The van der Waals surface area contributed by atoms with E-state index >= 15 is 0 Å². The lowest BCUT2D eigenvalue weighted by Gasteiger charge is -2.27. The molecule has 0 saturated carbocycles. The summed E-state index contributed by atoms with van der Waals surface area (Å²) < 4.78 is 36.5. The summed E-state index contributed by atoms with van der Waals surface area (Å²) in [4.78, 5) is 32.8. The Hall–Kier alpha value is -3.36. The lowest BCUT2D eigenvalue weighted by atomic mass is 9.94. The van der Waals surface area contributed by atoms with E-state index in [0.717, 1.165) is 9.13 Å². The second kappa shape index (κ2) is 14.4. The van der Waals surface area contributed by atoms with Crippen LogP contribution < -0.4 is 33.8 Å². The minimum atomic E-state index is -0.874. The number of esters is 1. The van der Waals surface area contributed by atoms with Gasteiger partial charge in [0.1, 0.15) is 12.6 Å². The number of thiazole rings is 1. The second-order valence-corrected chi connectivity index (χ2v) is 11.9. The highest BCUT2D eigenvalue weighted by atomic mass is 127. The lowest BCUT2D eigenvalue weighted by Crippen LogP contribution is -2.40. The molecule has 10 nitrogen and oxygen atoms in total. The van der Waals surface area contributed by atoms with Gasteiger partial charge < -0.3 is 28.4 Å². The number of nitrogens with zero attached hydrogens (tertiary/aromatic N) is 2. The zero-order chi connectivity index (χ0) is 31.3. The maximum atomic E-state index is 14.2. The largest absolute Gasteiger partial charge is 0.493 e. The monoisotopic (exact) mass is 722 g/mol. The number of para-hydroxylation sites is 1. The molecule has 1 aromatic heterocycles. The Kier molecular flexibility index (Phi) is 10.9. The molecule has 2 heterocycles. The number of hydrogen-bond donors (Lipinski definition) is 0. The fourth-order valence-corrected chi connectivity index (χ4v) is 6.50. The summed E-state index contributed by atoms with van der Waals surface area (Å²) in [6.45, 7) is 8.12. The molecule has 0 spiro atoms. The summed E-state index contributed by atoms with van der Waals surface area (Å²) in [5.74, 6) is 1.53. The van der Waals surface area contributed by atoms with Crippen LogP contribution in [0, 0.1) is 3.57 Å². The minimum absolute atomic E-state index is 0.0335. The topological polar surface area (TPSA) is 107 Å². The third kappa shape index (κ3) is 6.91. The summed E-state index contributed by atoms with van der Waals surface area (Å²) >= 11 is 3.43. The van der Waals surface area contributed by atoms with Crippen molar-refractivity contribution in [1.82, 2.24) is 4.57 Å². The number of ether oxygens (including phenoxy) is 6. The molecule has 0 N–H and O–H groups in total. The van der Waals surface area contributed by atoms with Crippen LogP contribution in [0.3, 0.4) is 0 Å². The quantitative estimate of drug-likeness (QED) is 0.156. The Morgan fingerprint density at radius 1 is 1.12 bits per heavy atom. The number of rotatable bonds is 12. The fourth-order valence-electron chi connectivity index (χ4n) is 4.70. The molecule has 0 saturated heterocycles. The highest BCUT2D eigenvalue weighted by molar-refractivity contribution is 14.1. The molecule has 0 fully saturated rings. The van der Waals surface area contributed by atoms with Gasteiger partial charge in [-0.05, 0) is 80.1 Å². The van der Waals surface area contributed by atoms with Gasteiger partial charge in [0, 0.05) is 12.7 Å². The van der Waals surface area contributed by atoms with Gasteiger partial charge in [0.2, 0.25) is 0 Å². The van der Waals surface area contributed by atoms with Crippen molar-refractivity contribution in [2.75, 3.05) is 41.2 Å². The van der Waals surface area contributed by atoms with E-state index in [2.05, 4.69) is 27.6 Å². The number of methoxy groups -OCH3 is 3. The van der Waals surface area contributed by atoms with Crippen molar-refractivity contribution < 1.29 is 33.2 Å². The number of fused-ring (bicyclic) bond motifs is 1. The van der Waals surface area contributed by atoms with Crippen molar-refractivity contribution >= 4 is 46.0 Å². The zero-order valence-electron chi connectivity index (χ0n) is 25.2. The molecule has 1 atom stereocenters. The van der Waals surface area contributed by atoms with Crippen LogP contribution in [0.25, 0.3) is 6.08 Å². The van der Waals surface area contributed by atoms with Crippen molar-refractivity contribution in [3.8, 4) is 23.0 Å². The van der Waals surface area contributed by atoms with Crippen molar-refractivity contribution in [3.05, 3.63) is 76.0 Å². The summed E-state index contributed by atoms with van der Waals surface area (Å²) in [7, 11) is 4.65. The average Bonchev–Trinajstić information content (AvgIpc) is 3.27. The highest BCUT2D eigenvalue weighted by Crippen LogP contribution is 2.41. The van der Waals surface area contributed by atoms with Gasteiger partial charge in [-0.1, -0.05) is 23.5 Å². The minimum Gasteiger partial charge on any atom is -0.493 e. The van der Waals surface area contributed by atoms with Crippen LogP contribution in [0.1, 0.15) is 44.9 Å². The van der Waals surface area contributed by atoms with E-state index in [1.165, 1.54) is 23.0 Å². The molecule has 43 heavy (non-hydrogen) atoms. The summed E-state index contributed by atoms with van der Waals surface area (Å²) in [5.41, 5.74) is 1.69. The molecular formula is C31H35IN2O8S. The molecule has 1 aliphatic heterocycles. The van der Waals surface area contributed by atoms with Gasteiger partial charge in [0.05, 0.1) is 52.9 Å². The van der Waals surface area contributed by atoms with E-state index in [0.29, 0.717) is 50.2 Å². The van der Waals surface area contributed by atoms with Gasteiger partial charge in [0.15, 0.2) is 27.8 Å². The predicted molar refractivity (Wildman–Crippen MR) is 172 cm³/mol. The third-order valence-electron chi connectivity index (χ3n) is 6.48. The highest BCUT2D eigenvalue weighted by Gasteiger charge is 2.36. The average molecular weight is 723 g/mol. The molecule has 12 heteroatoms. The molecule has 230 valence electrons. The van der Waals surface area contributed by atoms with Crippen LogP contribution in [0.5, 0.6) is 23.0 Å². The van der Waals surface area contributed by atoms with Crippen molar-refractivity contribution in [3.63, 3.8) is 0 Å². The van der Waals surface area contributed by atoms with Crippen molar-refractivity contribution in [2.24, 2.45) is 4.99 Å². The number of hydrogen-bond acceptors (Lipinski definition) is 10. The molecule has 0 unspecified atom stereocenters. The SMILES string of the molecule is CCOc1c(OC)cccc1[C@H]1C(C(=O)OCCOC)=C(C)N=c2s/c(=C/c3cc(I)c(OC(C)C)c(OC)c3)c(=O)n21. The summed E-state index contributed by atoms with van der Waals surface area (Å²) in [6, 6.07) is 8.26. The van der Waals surface area contributed by atoms with Gasteiger partial charge in [-0.25, -0.2) is 9.79 Å². The first kappa shape index (κ1) is 32.6. The summed E-state index contributed by atoms with van der Waals surface area (Å²) in [5, 5.41) is 0. The molecule has 0 aliphatic carbocycles. The Labute approximate surface area is 267 Å². The van der Waals surface area contributed by atoms with Gasteiger partial charge in [-0.15, -0.1) is 0 Å². The lowest BCUT2D eigenvalue weighted by molar-refractivity contribution is -0.140. The third-order valence-corrected chi connectivity index (χ3v) is 8.26. The molecule has 0 radical (unpaired) electrons. The first-order valence-corrected chi connectivity index (χ1v) is 15.6. The first-order valence-electron chi connectivity index (χ1n) is 13.7. The van der Waals surface area contributed by atoms with Crippen molar-refractivity contribution in [1.29, 1.82) is 0 Å². The predicted octanol–water partition coefficient (Wildman–Crippen LogP) is 4.23. The van der Waals surface area contributed by atoms with Gasteiger partial charge in [0.25, 0.3) is 5.56 Å². The Morgan fingerprint density at radius 3 is 2.51 bits per heavy atom. The van der Waals surface area contributed by atoms with E-state index < -0.39 is 12.0 Å². The summed E-state index contributed by atoms with van der Waals surface area (Å²) in [6.07, 6.45) is 1.75. The number of carbonyl (C=O) groups excluding carboxylic acids is 1. The maximum Gasteiger partial charge on any atom is 0.338 e. The van der Waals surface area contributed by atoms with Crippen molar-refractivity contribution in [2.45, 2.75) is 39.8 Å². The maximum absolute atomic E-state index is 14.2. The number of benzene rings is 2. The van der Waals surface area contributed by atoms with Crippen LogP contribution in [-0.4, -0.2) is 57.8 Å². The molecule has 3 aromatic rings. The Balaban J connectivity index is 1.95. The van der Waals surface area contributed by atoms with Crippen LogP contribution in [0.15, 0.2) is 51.4 Å². The van der Waals surface area contributed by atoms with Gasteiger partial charge in [-0.2, -0.15) is 0 Å². The smallest absolute Gasteiger partial charge is 0.338 e. The molecule has 0 bridgehead atoms. The van der Waals surface area contributed by atoms with E-state index in [1.54, 1.807) is 39.4 Å². The van der Waals surface area contributed by atoms with E-state index in [9.17, 15) is 9.59 Å². The number of halogens is 1. The zero-order valence-corrected chi connectivity index (χ0v) is 28.2.